The smallest absolute Gasteiger partial charge is 0.277 e. The molecule has 0 spiro atoms. The fourth-order valence-corrected chi connectivity index (χ4v) is 3.13. The van der Waals surface area contributed by atoms with Crippen molar-refractivity contribution in [1.82, 2.24) is 19.9 Å². The predicted molar refractivity (Wildman–Crippen MR) is 92.6 cm³/mol. The van der Waals surface area contributed by atoms with Crippen molar-refractivity contribution in [2.24, 2.45) is 0 Å². The van der Waals surface area contributed by atoms with Crippen molar-refractivity contribution < 1.29 is 13.6 Å². The van der Waals surface area contributed by atoms with Crippen molar-refractivity contribution in [3.63, 3.8) is 0 Å². The van der Waals surface area contributed by atoms with Crippen LogP contribution < -0.4 is 16.2 Å². The molecule has 2 aromatic heterocycles. The Morgan fingerprint density at radius 2 is 1.85 bits per heavy atom. The highest BCUT2D eigenvalue weighted by atomic mass is 19.1. The van der Waals surface area contributed by atoms with Crippen LogP contribution in [0, 0.1) is 11.6 Å². The van der Waals surface area contributed by atoms with Crippen LogP contribution in [0.3, 0.4) is 0 Å². The molecule has 0 radical (unpaired) electrons. The van der Waals surface area contributed by atoms with Crippen LogP contribution in [0.1, 0.15) is 23.0 Å². The number of benzene rings is 1. The van der Waals surface area contributed by atoms with Gasteiger partial charge < -0.3 is 10.6 Å². The van der Waals surface area contributed by atoms with Gasteiger partial charge >= 0.3 is 0 Å². The van der Waals surface area contributed by atoms with Crippen LogP contribution in [0.25, 0.3) is 0 Å². The molecule has 1 amide bonds. The third-order valence-corrected chi connectivity index (χ3v) is 4.39. The van der Waals surface area contributed by atoms with Crippen molar-refractivity contribution >= 4 is 17.4 Å². The SMILES string of the molecule is CC1(c2cc(F)cc(F)c2)NC(=O)c2ccc(Nc3ccncn3)c(=O)n21. The van der Waals surface area contributed by atoms with Gasteiger partial charge in [-0.2, -0.15) is 0 Å². The van der Waals surface area contributed by atoms with Crippen LogP contribution in [-0.2, 0) is 5.66 Å². The first-order valence-electron chi connectivity index (χ1n) is 7.97. The van der Waals surface area contributed by atoms with E-state index in [2.05, 4.69) is 20.6 Å². The lowest BCUT2D eigenvalue weighted by Crippen LogP contribution is -2.46. The summed E-state index contributed by atoms with van der Waals surface area (Å²) in [5.74, 6) is -1.75. The number of carbonyl (C=O) groups is 1. The van der Waals surface area contributed by atoms with Crippen LogP contribution >= 0.6 is 0 Å². The average molecular weight is 369 g/mol. The molecule has 0 aliphatic carbocycles. The minimum absolute atomic E-state index is 0.0837. The summed E-state index contributed by atoms with van der Waals surface area (Å²) in [7, 11) is 0. The third kappa shape index (κ3) is 2.73. The van der Waals surface area contributed by atoms with E-state index >= 15 is 0 Å². The molecular formula is C18H13F2N5O2. The molecule has 1 aromatic carbocycles. The average Bonchev–Trinajstić information content (AvgIpc) is 2.90. The van der Waals surface area contributed by atoms with E-state index in [1.807, 2.05) is 0 Å². The zero-order valence-electron chi connectivity index (χ0n) is 14.0. The maximum absolute atomic E-state index is 13.7. The number of fused-ring (bicyclic) bond motifs is 1. The van der Waals surface area contributed by atoms with E-state index in [4.69, 9.17) is 0 Å². The number of nitrogens with zero attached hydrogens (tertiary/aromatic N) is 3. The lowest BCUT2D eigenvalue weighted by Gasteiger charge is -2.28. The number of pyridine rings is 1. The van der Waals surface area contributed by atoms with Gasteiger partial charge in [-0.3, -0.25) is 14.2 Å². The molecule has 7 nitrogen and oxygen atoms in total. The van der Waals surface area contributed by atoms with Gasteiger partial charge in [-0.25, -0.2) is 18.7 Å². The summed E-state index contributed by atoms with van der Waals surface area (Å²) in [5, 5.41) is 5.49. The highest BCUT2D eigenvalue weighted by Gasteiger charge is 2.42. The highest BCUT2D eigenvalue weighted by molar-refractivity contribution is 5.96. The Kier molecular flexibility index (Phi) is 3.72. The number of hydrogen-bond acceptors (Lipinski definition) is 5. The standard InChI is InChI=1S/C18H13F2N5O2/c1-18(10-6-11(19)8-12(20)7-10)24-16(26)14-3-2-13(17(27)25(14)18)23-15-4-5-21-9-22-15/h2-9H,1H3,(H,24,26)(H,21,22,23). The summed E-state index contributed by atoms with van der Waals surface area (Å²) in [5.41, 5.74) is -1.65. The van der Waals surface area contributed by atoms with E-state index in [1.54, 1.807) is 6.07 Å². The van der Waals surface area contributed by atoms with E-state index in [9.17, 15) is 18.4 Å². The van der Waals surface area contributed by atoms with E-state index in [-0.39, 0.29) is 16.9 Å². The summed E-state index contributed by atoms with van der Waals surface area (Å²) >= 11 is 0. The van der Waals surface area contributed by atoms with Crippen molar-refractivity contribution in [1.29, 1.82) is 0 Å². The molecular weight excluding hydrogens is 356 g/mol. The summed E-state index contributed by atoms with van der Waals surface area (Å²) in [6.07, 6.45) is 2.82. The molecule has 4 rings (SSSR count). The summed E-state index contributed by atoms with van der Waals surface area (Å²) in [6.45, 7) is 1.51. The molecule has 1 aliphatic rings. The molecule has 2 N–H and O–H groups in total. The number of amides is 1. The first-order valence-corrected chi connectivity index (χ1v) is 7.97. The van der Waals surface area contributed by atoms with Crippen LogP contribution in [0.4, 0.5) is 20.3 Å². The number of hydrogen-bond donors (Lipinski definition) is 2. The van der Waals surface area contributed by atoms with Gasteiger partial charge in [0.1, 0.15) is 40.8 Å². The maximum atomic E-state index is 13.7. The van der Waals surface area contributed by atoms with Crippen LogP contribution in [0.5, 0.6) is 0 Å². The molecule has 1 atom stereocenters. The second-order valence-electron chi connectivity index (χ2n) is 6.18. The maximum Gasteiger partial charge on any atom is 0.277 e. The molecule has 3 heterocycles. The summed E-state index contributed by atoms with van der Waals surface area (Å²) in [4.78, 5) is 33.2. The number of rotatable bonds is 3. The van der Waals surface area contributed by atoms with Gasteiger partial charge in [0.05, 0.1) is 0 Å². The Morgan fingerprint density at radius 3 is 2.52 bits per heavy atom. The largest absolute Gasteiger partial charge is 0.336 e. The Labute approximate surface area is 151 Å². The van der Waals surface area contributed by atoms with Gasteiger partial charge in [0.2, 0.25) is 0 Å². The molecule has 1 aliphatic heterocycles. The van der Waals surface area contributed by atoms with Crippen LogP contribution in [0.2, 0.25) is 0 Å². The molecule has 3 aromatic rings. The second kappa shape index (κ2) is 5.97. The Bertz CT molecular complexity index is 1100. The van der Waals surface area contributed by atoms with Crippen molar-refractivity contribution in [2.45, 2.75) is 12.6 Å². The third-order valence-electron chi connectivity index (χ3n) is 4.39. The van der Waals surface area contributed by atoms with Gasteiger partial charge in [-0.05, 0) is 37.3 Å². The first kappa shape index (κ1) is 16.8. The van der Waals surface area contributed by atoms with Crippen molar-refractivity contribution in [3.05, 3.63) is 82.2 Å². The van der Waals surface area contributed by atoms with Gasteiger partial charge in [0.15, 0.2) is 0 Å². The molecule has 0 saturated carbocycles. The van der Waals surface area contributed by atoms with E-state index in [0.29, 0.717) is 5.82 Å². The van der Waals surface area contributed by atoms with Crippen LogP contribution in [-0.4, -0.2) is 20.4 Å². The fourth-order valence-electron chi connectivity index (χ4n) is 3.13. The monoisotopic (exact) mass is 369 g/mol. The molecule has 136 valence electrons. The topological polar surface area (TPSA) is 88.9 Å². The predicted octanol–water partition coefficient (Wildman–Crippen LogP) is 2.12. The second-order valence-corrected chi connectivity index (χ2v) is 6.18. The van der Waals surface area contributed by atoms with Crippen molar-refractivity contribution in [3.8, 4) is 0 Å². The zero-order chi connectivity index (χ0) is 19.2. The number of anilines is 2. The number of carbonyl (C=O) groups excluding carboxylic acids is 1. The number of halogens is 2. The minimum Gasteiger partial charge on any atom is -0.336 e. The number of aromatic nitrogens is 3. The lowest BCUT2D eigenvalue weighted by molar-refractivity contribution is 0.0941. The van der Waals surface area contributed by atoms with E-state index in [0.717, 1.165) is 18.2 Å². The fraction of sp³-hybridized carbons (Fsp3) is 0.111. The van der Waals surface area contributed by atoms with Gasteiger partial charge in [-0.1, -0.05) is 0 Å². The first-order chi connectivity index (χ1) is 12.9. The normalized spacial score (nSPS) is 18.1. The van der Waals surface area contributed by atoms with Gasteiger partial charge in [0, 0.05) is 17.8 Å². The molecule has 9 heteroatoms. The highest BCUT2D eigenvalue weighted by Crippen LogP contribution is 2.30. The summed E-state index contributed by atoms with van der Waals surface area (Å²) < 4.78 is 28.6. The van der Waals surface area contributed by atoms with Crippen LogP contribution in [0.15, 0.2) is 53.7 Å². The van der Waals surface area contributed by atoms with E-state index < -0.39 is 28.8 Å². The molecule has 27 heavy (non-hydrogen) atoms. The van der Waals surface area contributed by atoms with E-state index in [1.165, 1.54) is 36.1 Å². The Hall–Kier alpha value is -3.62. The van der Waals surface area contributed by atoms with Gasteiger partial charge in [0.25, 0.3) is 11.5 Å². The molecule has 0 saturated heterocycles. The summed E-state index contributed by atoms with van der Waals surface area (Å²) in [6, 6.07) is 7.36. The quantitative estimate of drug-likeness (QED) is 0.738. The lowest BCUT2D eigenvalue weighted by atomic mass is 10.0. The number of nitrogens with one attached hydrogen (secondary N) is 2. The molecule has 0 bridgehead atoms. The molecule has 1 unspecified atom stereocenters. The van der Waals surface area contributed by atoms with Crippen molar-refractivity contribution in [2.75, 3.05) is 5.32 Å². The zero-order valence-corrected chi connectivity index (χ0v) is 14.0. The van der Waals surface area contributed by atoms with Gasteiger partial charge in [-0.15, -0.1) is 0 Å². The Morgan fingerprint density at radius 1 is 1.11 bits per heavy atom. The molecule has 0 fully saturated rings. The Balaban J connectivity index is 1.88. The minimum atomic E-state index is -1.45.